The predicted octanol–water partition coefficient (Wildman–Crippen LogP) is 5.25. The molecule has 0 bridgehead atoms. The van der Waals surface area contributed by atoms with E-state index in [1.54, 1.807) is 44.2 Å². The number of ether oxygens (including phenoxy) is 1. The molecule has 4 rings (SSSR count). The maximum Gasteiger partial charge on any atom is 0.338 e. The summed E-state index contributed by atoms with van der Waals surface area (Å²) in [6, 6.07) is 19.8. The molecule has 188 valence electrons. The Balaban J connectivity index is 1.45. The Morgan fingerprint density at radius 3 is 2.14 bits per heavy atom. The van der Waals surface area contributed by atoms with Gasteiger partial charge in [0.15, 0.2) is 0 Å². The quantitative estimate of drug-likeness (QED) is 0.328. The zero-order valence-corrected chi connectivity index (χ0v) is 21.1. The summed E-state index contributed by atoms with van der Waals surface area (Å²) in [4.78, 5) is 51.3. The second-order valence-corrected chi connectivity index (χ2v) is 9.04. The molecule has 3 aromatic rings. The van der Waals surface area contributed by atoms with E-state index in [-0.39, 0.29) is 28.4 Å². The molecule has 1 heterocycles. The fourth-order valence-corrected chi connectivity index (χ4v) is 3.86. The van der Waals surface area contributed by atoms with E-state index in [0.29, 0.717) is 22.5 Å². The van der Waals surface area contributed by atoms with Gasteiger partial charge in [-0.2, -0.15) is 0 Å². The van der Waals surface area contributed by atoms with Gasteiger partial charge in [0.05, 0.1) is 17.4 Å². The molecule has 0 radical (unpaired) electrons. The number of benzene rings is 3. The van der Waals surface area contributed by atoms with Crippen molar-refractivity contribution in [3.63, 3.8) is 0 Å². The summed E-state index contributed by atoms with van der Waals surface area (Å²) in [7, 11) is 0. The number of nitrogens with one attached hydrogen (secondary N) is 2. The molecule has 3 aromatic carbocycles. The fraction of sp³-hybridized carbons (Fsp3) is 0.143. The van der Waals surface area contributed by atoms with E-state index >= 15 is 0 Å². The minimum Gasteiger partial charge on any atom is -0.459 e. The van der Waals surface area contributed by atoms with Gasteiger partial charge >= 0.3 is 5.97 Å². The SMILES string of the molecule is Cc1cccc(NC(=O)c2ccc(NC3=C(Cl)C(=O)N(c4ccc(C(=O)OC(C)C)cc4)C3=O)cc2)c1. The number of anilines is 3. The van der Waals surface area contributed by atoms with Crippen LogP contribution >= 0.6 is 11.6 Å². The lowest BCUT2D eigenvalue weighted by molar-refractivity contribution is -0.120. The molecule has 0 unspecified atom stereocenters. The topological polar surface area (TPSA) is 105 Å². The van der Waals surface area contributed by atoms with Crippen molar-refractivity contribution in [2.45, 2.75) is 26.9 Å². The number of nitrogens with zero attached hydrogens (tertiary/aromatic N) is 1. The summed E-state index contributed by atoms with van der Waals surface area (Å²) in [5, 5.41) is 5.44. The molecular formula is C28H24ClN3O5. The van der Waals surface area contributed by atoms with Crippen LogP contribution in [0.25, 0.3) is 0 Å². The molecule has 37 heavy (non-hydrogen) atoms. The third kappa shape index (κ3) is 5.70. The Kier molecular flexibility index (Phi) is 7.40. The Morgan fingerprint density at radius 1 is 0.865 bits per heavy atom. The molecule has 0 aromatic heterocycles. The Hall–Kier alpha value is -4.43. The van der Waals surface area contributed by atoms with E-state index in [1.165, 1.54) is 24.3 Å². The van der Waals surface area contributed by atoms with Crippen molar-refractivity contribution in [1.82, 2.24) is 0 Å². The first-order valence-corrected chi connectivity index (χ1v) is 11.9. The number of imide groups is 1. The molecule has 3 amide bonds. The van der Waals surface area contributed by atoms with Crippen LogP contribution in [0.15, 0.2) is 83.5 Å². The molecule has 0 fully saturated rings. The summed E-state index contributed by atoms with van der Waals surface area (Å²) in [5.41, 5.74) is 3.05. The second kappa shape index (κ2) is 10.7. The van der Waals surface area contributed by atoms with Gasteiger partial charge in [-0.05, 0) is 87.0 Å². The van der Waals surface area contributed by atoms with E-state index in [1.807, 2.05) is 25.1 Å². The van der Waals surface area contributed by atoms with Crippen LogP contribution in [0.5, 0.6) is 0 Å². The number of aryl methyl sites for hydroxylation is 1. The summed E-state index contributed by atoms with van der Waals surface area (Å²) >= 11 is 6.21. The van der Waals surface area contributed by atoms with Crippen LogP contribution in [0.3, 0.4) is 0 Å². The summed E-state index contributed by atoms with van der Waals surface area (Å²) in [6.45, 7) is 5.42. The monoisotopic (exact) mass is 517 g/mol. The molecular weight excluding hydrogens is 494 g/mol. The van der Waals surface area contributed by atoms with Gasteiger partial charge in [-0.25, -0.2) is 9.69 Å². The maximum absolute atomic E-state index is 13.0. The van der Waals surface area contributed by atoms with E-state index in [2.05, 4.69) is 10.6 Å². The van der Waals surface area contributed by atoms with Crippen molar-refractivity contribution in [2.75, 3.05) is 15.5 Å². The van der Waals surface area contributed by atoms with Gasteiger partial charge in [0.25, 0.3) is 17.7 Å². The molecule has 0 aliphatic carbocycles. The third-order valence-electron chi connectivity index (χ3n) is 5.42. The summed E-state index contributed by atoms with van der Waals surface area (Å²) in [6.07, 6.45) is -0.276. The van der Waals surface area contributed by atoms with Crippen molar-refractivity contribution in [2.24, 2.45) is 0 Å². The molecule has 9 heteroatoms. The molecule has 0 saturated carbocycles. The van der Waals surface area contributed by atoms with E-state index in [9.17, 15) is 19.2 Å². The van der Waals surface area contributed by atoms with Crippen LogP contribution < -0.4 is 15.5 Å². The molecule has 0 spiro atoms. The Morgan fingerprint density at radius 2 is 1.51 bits per heavy atom. The average Bonchev–Trinajstić information content (AvgIpc) is 3.07. The van der Waals surface area contributed by atoms with E-state index in [4.69, 9.17) is 16.3 Å². The first kappa shape index (κ1) is 25.7. The minimum atomic E-state index is -0.694. The van der Waals surface area contributed by atoms with Gasteiger partial charge in [0, 0.05) is 16.9 Å². The van der Waals surface area contributed by atoms with Crippen LogP contribution in [0.2, 0.25) is 0 Å². The lowest BCUT2D eigenvalue weighted by atomic mass is 10.1. The fourth-order valence-electron chi connectivity index (χ4n) is 3.65. The van der Waals surface area contributed by atoms with Crippen molar-refractivity contribution in [3.05, 3.63) is 100 Å². The third-order valence-corrected chi connectivity index (χ3v) is 5.77. The summed E-state index contributed by atoms with van der Waals surface area (Å²) in [5.74, 6) is -2.13. The van der Waals surface area contributed by atoms with E-state index < -0.39 is 17.8 Å². The lowest BCUT2D eigenvalue weighted by Crippen LogP contribution is -2.32. The van der Waals surface area contributed by atoms with Gasteiger partial charge in [-0.3, -0.25) is 14.4 Å². The van der Waals surface area contributed by atoms with Crippen LogP contribution in [-0.2, 0) is 14.3 Å². The van der Waals surface area contributed by atoms with Crippen LogP contribution in [0.4, 0.5) is 17.1 Å². The Bertz CT molecular complexity index is 1410. The second-order valence-electron chi connectivity index (χ2n) is 8.66. The molecule has 1 aliphatic heterocycles. The highest BCUT2D eigenvalue weighted by Crippen LogP contribution is 2.30. The Labute approximate surface area is 218 Å². The molecule has 8 nitrogen and oxygen atoms in total. The number of rotatable bonds is 7. The highest BCUT2D eigenvalue weighted by Gasteiger charge is 2.39. The summed E-state index contributed by atoms with van der Waals surface area (Å²) < 4.78 is 5.15. The van der Waals surface area contributed by atoms with Gasteiger partial charge in [-0.1, -0.05) is 23.7 Å². The smallest absolute Gasteiger partial charge is 0.338 e. The number of carbonyl (C=O) groups is 4. The van der Waals surface area contributed by atoms with Crippen LogP contribution in [0, 0.1) is 6.92 Å². The number of amides is 3. The van der Waals surface area contributed by atoms with Gasteiger partial charge in [0.2, 0.25) is 0 Å². The van der Waals surface area contributed by atoms with Crippen LogP contribution in [-0.4, -0.2) is 29.8 Å². The molecule has 0 saturated heterocycles. The van der Waals surface area contributed by atoms with Crippen molar-refractivity contribution in [3.8, 4) is 0 Å². The highest BCUT2D eigenvalue weighted by molar-refractivity contribution is 6.53. The van der Waals surface area contributed by atoms with E-state index in [0.717, 1.165) is 10.5 Å². The normalized spacial score (nSPS) is 13.3. The number of carbonyl (C=O) groups excluding carboxylic acids is 4. The maximum atomic E-state index is 13.0. The standard InChI is InChI=1S/C28H24ClN3O5/c1-16(2)37-28(36)19-9-13-22(14-10-19)32-26(34)23(29)24(27(32)35)30-20-11-7-18(8-12-20)25(33)31-21-6-4-5-17(3)15-21/h4-16,30H,1-3H3,(H,31,33). The van der Waals surface area contributed by atoms with Crippen LogP contribution in [0.1, 0.15) is 40.1 Å². The van der Waals surface area contributed by atoms with Crippen molar-refractivity contribution < 1.29 is 23.9 Å². The van der Waals surface area contributed by atoms with Crippen molar-refractivity contribution >= 4 is 52.4 Å². The zero-order chi connectivity index (χ0) is 26.7. The minimum absolute atomic E-state index is 0.0908. The molecule has 2 N–H and O–H groups in total. The largest absolute Gasteiger partial charge is 0.459 e. The van der Waals surface area contributed by atoms with Crippen molar-refractivity contribution in [1.29, 1.82) is 0 Å². The average molecular weight is 518 g/mol. The highest BCUT2D eigenvalue weighted by atomic mass is 35.5. The number of hydrogen-bond donors (Lipinski definition) is 2. The first-order chi connectivity index (χ1) is 17.6. The number of esters is 1. The predicted molar refractivity (Wildman–Crippen MR) is 142 cm³/mol. The van der Waals surface area contributed by atoms with Gasteiger partial charge in [0.1, 0.15) is 10.7 Å². The zero-order valence-electron chi connectivity index (χ0n) is 20.4. The lowest BCUT2D eigenvalue weighted by Gasteiger charge is -2.16. The number of halogens is 1. The van der Waals surface area contributed by atoms with Gasteiger partial charge in [-0.15, -0.1) is 0 Å². The molecule has 1 aliphatic rings. The number of hydrogen-bond acceptors (Lipinski definition) is 6. The first-order valence-electron chi connectivity index (χ1n) is 11.5. The molecule has 0 atom stereocenters. The van der Waals surface area contributed by atoms with Gasteiger partial charge < -0.3 is 15.4 Å².